The van der Waals surface area contributed by atoms with Crippen LogP contribution in [0, 0.1) is 0 Å². The van der Waals surface area contributed by atoms with Crippen LogP contribution in [0.4, 0.5) is 0 Å². The third-order valence-electron chi connectivity index (χ3n) is 2.15. The molecule has 0 heterocycles. The lowest BCUT2D eigenvalue weighted by molar-refractivity contribution is 0.354. The second-order valence-electron chi connectivity index (χ2n) is 3.73. The molecule has 0 unspecified atom stereocenters. The van der Waals surface area contributed by atoms with Crippen molar-refractivity contribution in [3.63, 3.8) is 0 Å². The highest BCUT2D eigenvalue weighted by Crippen LogP contribution is 2.23. The SMILES string of the molecule is C=C(Cl)COc1ccc(Cl)cc1CNCCC. The van der Waals surface area contributed by atoms with E-state index in [2.05, 4.69) is 18.8 Å². The molecule has 0 amide bonds. The molecule has 2 nitrogen and oxygen atoms in total. The first kappa shape index (κ1) is 14.4. The molecule has 0 spiro atoms. The summed E-state index contributed by atoms with van der Waals surface area (Å²) in [7, 11) is 0. The first-order valence-corrected chi connectivity index (χ1v) is 6.34. The van der Waals surface area contributed by atoms with Gasteiger partial charge in [0, 0.05) is 22.2 Å². The minimum Gasteiger partial charge on any atom is -0.488 e. The Kier molecular flexibility index (Phi) is 6.41. The van der Waals surface area contributed by atoms with Crippen LogP contribution in [-0.4, -0.2) is 13.2 Å². The van der Waals surface area contributed by atoms with Crippen LogP contribution in [0.25, 0.3) is 0 Å². The van der Waals surface area contributed by atoms with Crippen LogP contribution in [0.2, 0.25) is 5.02 Å². The Labute approximate surface area is 113 Å². The van der Waals surface area contributed by atoms with E-state index in [1.54, 1.807) is 6.07 Å². The Morgan fingerprint density at radius 1 is 1.47 bits per heavy atom. The summed E-state index contributed by atoms with van der Waals surface area (Å²) >= 11 is 11.6. The molecule has 1 rings (SSSR count). The van der Waals surface area contributed by atoms with E-state index in [0.29, 0.717) is 16.7 Å². The van der Waals surface area contributed by atoms with Gasteiger partial charge >= 0.3 is 0 Å². The summed E-state index contributed by atoms with van der Waals surface area (Å²) < 4.78 is 5.55. The van der Waals surface area contributed by atoms with E-state index in [0.717, 1.165) is 30.8 Å². The number of nitrogens with one attached hydrogen (secondary N) is 1. The smallest absolute Gasteiger partial charge is 0.124 e. The Bertz CT molecular complexity index is 380. The molecule has 0 fully saturated rings. The first-order chi connectivity index (χ1) is 8.13. The lowest BCUT2D eigenvalue weighted by atomic mass is 10.2. The van der Waals surface area contributed by atoms with Crippen molar-refractivity contribution >= 4 is 23.2 Å². The molecule has 1 N–H and O–H groups in total. The van der Waals surface area contributed by atoms with Crippen molar-refractivity contribution in [1.82, 2.24) is 5.32 Å². The molecule has 1 aromatic rings. The molecule has 0 aromatic heterocycles. The summed E-state index contributed by atoms with van der Waals surface area (Å²) in [6.45, 7) is 7.73. The van der Waals surface area contributed by atoms with Gasteiger partial charge in [-0.2, -0.15) is 0 Å². The number of rotatable bonds is 7. The minimum absolute atomic E-state index is 0.309. The normalized spacial score (nSPS) is 10.3. The third-order valence-corrected chi connectivity index (χ3v) is 2.49. The first-order valence-electron chi connectivity index (χ1n) is 5.58. The average molecular weight is 274 g/mol. The van der Waals surface area contributed by atoms with Gasteiger partial charge in [-0.15, -0.1) is 0 Å². The van der Waals surface area contributed by atoms with Crippen molar-refractivity contribution in [2.75, 3.05) is 13.2 Å². The summed E-state index contributed by atoms with van der Waals surface area (Å²) in [5.74, 6) is 0.791. The number of hydrogen-bond donors (Lipinski definition) is 1. The van der Waals surface area contributed by atoms with Gasteiger partial charge in [0.1, 0.15) is 12.4 Å². The maximum atomic E-state index is 5.97. The molecule has 0 saturated heterocycles. The molecule has 94 valence electrons. The average Bonchev–Trinajstić information content (AvgIpc) is 2.28. The van der Waals surface area contributed by atoms with E-state index in [1.807, 2.05) is 12.1 Å². The van der Waals surface area contributed by atoms with E-state index in [1.165, 1.54) is 0 Å². The van der Waals surface area contributed by atoms with Crippen molar-refractivity contribution in [3.8, 4) is 5.75 Å². The van der Waals surface area contributed by atoms with E-state index in [9.17, 15) is 0 Å². The van der Waals surface area contributed by atoms with Gasteiger partial charge in [-0.25, -0.2) is 0 Å². The lowest BCUT2D eigenvalue weighted by Crippen LogP contribution is -2.14. The molecule has 4 heteroatoms. The molecule has 0 aliphatic heterocycles. The van der Waals surface area contributed by atoms with Crippen LogP contribution >= 0.6 is 23.2 Å². The second kappa shape index (κ2) is 7.59. The molecule has 1 aromatic carbocycles. The van der Waals surface area contributed by atoms with E-state index < -0.39 is 0 Å². The van der Waals surface area contributed by atoms with Crippen LogP contribution in [0.5, 0.6) is 5.75 Å². The fraction of sp³-hybridized carbons (Fsp3) is 0.385. The summed E-state index contributed by atoms with van der Waals surface area (Å²) in [6.07, 6.45) is 1.09. The van der Waals surface area contributed by atoms with Crippen molar-refractivity contribution < 1.29 is 4.74 Å². The number of hydrogen-bond acceptors (Lipinski definition) is 2. The predicted octanol–water partition coefficient (Wildman–Crippen LogP) is 3.97. The van der Waals surface area contributed by atoms with Gasteiger partial charge in [0.2, 0.25) is 0 Å². The summed E-state index contributed by atoms with van der Waals surface area (Å²) in [5.41, 5.74) is 1.03. The lowest BCUT2D eigenvalue weighted by Gasteiger charge is -2.12. The molecule has 0 aliphatic rings. The van der Waals surface area contributed by atoms with Crippen LogP contribution in [-0.2, 0) is 6.54 Å². The van der Waals surface area contributed by atoms with Crippen molar-refractivity contribution in [3.05, 3.63) is 40.4 Å². The van der Waals surface area contributed by atoms with Gasteiger partial charge in [0.15, 0.2) is 0 Å². The molecule has 0 bridgehead atoms. The minimum atomic E-state index is 0.309. The summed E-state index contributed by atoms with van der Waals surface area (Å²) in [5, 5.41) is 4.50. The highest BCUT2D eigenvalue weighted by Gasteiger charge is 2.05. The van der Waals surface area contributed by atoms with Crippen molar-refractivity contribution in [1.29, 1.82) is 0 Å². The molecular formula is C13H17Cl2NO. The summed E-state index contributed by atoms with van der Waals surface area (Å²) in [4.78, 5) is 0. The van der Waals surface area contributed by atoms with Gasteiger partial charge in [0.25, 0.3) is 0 Å². The maximum Gasteiger partial charge on any atom is 0.124 e. The highest BCUT2D eigenvalue weighted by molar-refractivity contribution is 6.30. The van der Waals surface area contributed by atoms with Crippen molar-refractivity contribution in [2.45, 2.75) is 19.9 Å². The maximum absolute atomic E-state index is 5.97. The molecule has 0 atom stereocenters. The Morgan fingerprint density at radius 3 is 2.88 bits per heavy atom. The molecule has 17 heavy (non-hydrogen) atoms. The van der Waals surface area contributed by atoms with Crippen LogP contribution < -0.4 is 10.1 Å². The van der Waals surface area contributed by atoms with E-state index in [4.69, 9.17) is 27.9 Å². The van der Waals surface area contributed by atoms with E-state index >= 15 is 0 Å². The molecule has 0 saturated carbocycles. The third kappa shape index (κ3) is 5.44. The van der Waals surface area contributed by atoms with Gasteiger partial charge in [0.05, 0.1) is 0 Å². The Hall–Kier alpha value is -0.700. The highest BCUT2D eigenvalue weighted by atomic mass is 35.5. The Morgan fingerprint density at radius 2 is 2.24 bits per heavy atom. The fourth-order valence-electron chi connectivity index (χ4n) is 1.38. The fourth-order valence-corrected chi connectivity index (χ4v) is 1.63. The van der Waals surface area contributed by atoms with Crippen LogP contribution in [0.3, 0.4) is 0 Å². The standard InChI is InChI=1S/C13H17Cl2NO/c1-3-6-16-8-11-7-12(15)4-5-13(11)17-9-10(2)14/h4-5,7,16H,2-3,6,8-9H2,1H3. The quantitative estimate of drug-likeness (QED) is 0.759. The number of halogens is 2. The van der Waals surface area contributed by atoms with Crippen LogP contribution in [0.15, 0.2) is 29.8 Å². The van der Waals surface area contributed by atoms with Gasteiger partial charge < -0.3 is 10.1 Å². The molecule has 0 radical (unpaired) electrons. The zero-order valence-corrected chi connectivity index (χ0v) is 11.4. The second-order valence-corrected chi connectivity index (χ2v) is 4.71. The zero-order valence-electron chi connectivity index (χ0n) is 9.93. The largest absolute Gasteiger partial charge is 0.488 e. The van der Waals surface area contributed by atoms with Crippen LogP contribution in [0.1, 0.15) is 18.9 Å². The Balaban J connectivity index is 2.69. The summed E-state index contributed by atoms with van der Waals surface area (Å²) in [6, 6.07) is 5.55. The van der Waals surface area contributed by atoms with Crippen molar-refractivity contribution in [2.24, 2.45) is 0 Å². The van der Waals surface area contributed by atoms with Gasteiger partial charge in [-0.05, 0) is 31.2 Å². The molecular weight excluding hydrogens is 257 g/mol. The van der Waals surface area contributed by atoms with Gasteiger partial charge in [-0.1, -0.05) is 36.7 Å². The monoisotopic (exact) mass is 273 g/mol. The predicted molar refractivity (Wildman–Crippen MR) is 73.9 cm³/mol. The number of benzene rings is 1. The zero-order chi connectivity index (χ0) is 12.7. The van der Waals surface area contributed by atoms with Gasteiger partial charge in [-0.3, -0.25) is 0 Å². The van der Waals surface area contributed by atoms with E-state index in [-0.39, 0.29) is 0 Å². The molecule has 0 aliphatic carbocycles. The number of ether oxygens (including phenoxy) is 1. The topological polar surface area (TPSA) is 21.3 Å².